The van der Waals surface area contributed by atoms with E-state index in [9.17, 15) is 9.18 Å². The highest BCUT2D eigenvalue weighted by atomic mass is 19.1. The van der Waals surface area contributed by atoms with Gasteiger partial charge < -0.3 is 4.74 Å². The maximum Gasteiger partial charge on any atom is 0.265 e. The molecule has 0 radical (unpaired) electrons. The van der Waals surface area contributed by atoms with Crippen molar-refractivity contribution in [2.75, 3.05) is 0 Å². The van der Waals surface area contributed by atoms with Crippen LogP contribution in [0.25, 0.3) is 0 Å². The van der Waals surface area contributed by atoms with Crippen LogP contribution in [-0.2, 0) is 6.61 Å². The molecule has 0 saturated heterocycles. The van der Waals surface area contributed by atoms with Gasteiger partial charge in [-0.25, -0.2) is 10.2 Å². The molecular weight excluding hydrogens is 247 g/mol. The van der Waals surface area contributed by atoms with E-state index in [0.29, 0.717) is 5.56 Å². The minimum atomic E-state index is -0.401. The first kappa shape index (κ1) is 13.0. The number of carbonyl (C=O) groups excluding carboxylic acids is 1. The smallest absolute Gasteiger partial charge is 0.265 e. The van der Waals surface area contributed by atoms with E-state index >= 15 is 0 Å². The van der Waals surface area contributed by atoms with Crippen LogP contribution < -0.4 is 16.0 Å². The lowest BCUT2D eigenvalue weighted by molar-refractivity contribution is 0.0953. The number of carbonyl (C=O) groups is 1. The van der Waals surface area contributed by atoms with Gasteiger partial charge in [0.2, 0.25) is 0 Å². The third-order valence-corrected chi connectivity index (χ3v) is 2.58. The van der Waals surface area contributed by atoms with Gasteiger partial charge in [-0.05, 0) is 29.8 Å². The quantitative estimate of drug-likeness (QED) is 0.502. The monoisotopic (exact) mass is 260 g/mol. The zero-order valence-corrected chi connectivity index (χ0v) is 10.1. The van der Waals surface area contributed by atoms with E-state index < -0.39 is 5.82 Å². The maximum absolute atomic E-state index is 13.3. The predicted octanol–water partition coefficient (Wildman–Crippen LogP) is 2.01. The lowest BCUT2D eigenvalue weighted by atomic mass is 10.1. The first-order chi connectivity index (χ1) is 9.20. The van der Waals surface area contributed by atoms with Crippen LogP contribution in [0.4, 0.5) is 4.39 Å². The number of hydrazine groups is 1. The van der Waals surface area contributed by atoms with Gasteiger partial charge in [-0.15, -0.1) is 0 Å². The number of hydrogen-bond donors (Lipinski definition) is 2. The molecule has 4 nitrogen and oxygen atoms in total. The van der Waals surface area contributed by atoms with Crippen LogP contribution in [0.15, 0.2) is 48.5 Å². The van der Waals surface area contributed by atoms with Crippen molar-refractivity contribution in [2.24, 2.45) is 5.84 Å². The van der Waals surface area contributed by atoms with Gasteiger partial charge in [0.1, 0.15) is 6.61 Å². The Hall–Kier alpha value is -2.40. The molecule has 0 aliphatic carbocycles. The number of amides is 1. The Morgan fingerprint density at radius 3 is 2.47 bits per heavy atom. The Labute approximate surface area is 110 Å². The van der Waals surface area contributed by atoms with E-state index in [1.807, 2.05) is 5.43 Å². The van der Waals surface area contributed by atoms with E-state index in [1.165, 1.54) is 6.07 Å². The second-order valence-corrected chi connectivity index (χ2v) is 3.89. The van der Waals surface area contributed by atoms with Crippen LogP contribution in [0, 0.1) is 5.82 Å². The molecule has 98 valence electrons. The molecule has 19 heavy (non-hydrogen) atoms. The number of nitrogen functional groups attached to an aromatic ring is 1. The standard InChI is InChI=1S/C14H13FN2O2/c15-12-3-1-2-4-13(12)19-9-10-5-7-11(8-6-10)14(18)17-16/h1-8H,9,16H2,(H,17,18). The SMILES string of the molecule is NNC(=O)c1ccc(COc2ccccc2F)cc1. The average Bonchev–Trinajstić information content (AvgIpc) is 2.46. The number of benzene rings is 2. The van der Waals surface area contributed by atoms with Gasteiger partial charge in [-0.2, -0.15) is 0 Å². The summed E-state index contributed by atoms with van der Waals surface area (Å²) in [6.07, 6.45) is 0. The minimum Gasteiger partial charge on any atom is -0.486 e. The summed E-state index contributed by atoms with van der Waals surface area (Å²) in [5.74, 6) is 4.47. The maximum atomic E-state index is 13.3. The molecule has 1 amide bonds. The molecule has 0 spiro atoms. The van der Waals surface area contributed by atoms with Gasteiger partial charge in [0.15, 0.2) is 11.6 Å². The molecule has 0 fully saturated rings. The van der Waals surface area contributed by atoms with Crippen LogP contribution in [0.3, 0.4) is 0 Å². The summed E-state index contributed by atoms with van der Waals surface area (Å²) < 4.78 is 18.7. The van der Waals surface area contributed by atoms with Crippen molar-refractivity contribution in [3.8, 4) is 5.75 Å². The van der Waals surface area contributed by atoms with Crippen molar-refractivity contribution in [2.45, 2.75) is 6.61 Å². The fourth-order valence-corrected chi connectivity index (χ4v) is 1.56. The summed E-state index contributed by atoms with van der Waals surface area (Å²) in [4.78, 5) is 11.2. The summed E-state index contributed by atoms with van der Waals surface area (Å²) in [7, 11) is 0. The van der Waals surface area contributed by atoms with E-state index in [0.717, 1.165) is 5.56 Å². The molecule has 0 heterocycles. The number of para-hydroxylation sites is 1. The fraction of sp³-hybridized carbons (Fsp3) is 0.0714. The summed E-state index contributed by atoms with van der Waals surface area (Å²) in [6, 6.07) is 12.9. The van der Waals surface area contributed by atoms with Crippen LogP contribution in [0.1, 0.15) is 15.9 Å². The molecule has 0 aliphatic rings. The van der Waals surface area contributed by atoms with Gasteiger partial charge >= 0.3 is 0 Å². The molecule has 0 aromatic heterocycles. The molecule has 5 heteroatoms. The molecule has 3 N–H and O–H groups in total. The highest BCUT2D eigenvalue weighted by Crippen LogP contribution is 2.17. The summed E-state index contributed by atoms with van der Waals surface area (Å²) in [5.41, 5.74) is 3.33. The molecule has 0 aliphatic heterocycles. The van der Waals surface area contributed by atoms with Gasteiger partial charge in [-0.1, -0.05) is 24.3 Å². The van der Waals surface area contributed by atoms with Crippen molar-refractivity contribution in [1.29, 1.82) is 0 Å². The number of halogens is 1. The molecule has 2 rings (SSSR count). The average molecular weight is 260 g/mol. The second-order valence-electron chi connectivity index (χ2n) is 3.89. The van der Waals surface area contributed by atoms with E-state index in [4.69, 9.17) is 10.6 Å². The van der Waals surface area contributed by atoms with Crippen LogP contribution in [0.5, 0.6) is 5.75 Å². The van der Waals surface area contributed by atoms with Crippen molar-refractivity contribution in [3.05, 3.63) is 65.5 Å². The first-order valence-corrected chi connectivity index (χ1v) is 5.68. The number of hydrogen-bond acceptors (Lipinski definition) is 3. The van der Waals surface area contributed by atoms with Crippen molar-refractivity contribution < 1.29 is 13.9 Å². The second kappa shape index (κ2) is 5.97. The fourth-order valence-electron chi connectivity index (χ4n) is 1.56. The Morgan fingerprint density at radius 1 is 1.16 bits per heavy atom. The third kappa shape index (κ3) is 3.29. The van der Waals surface area contributed by atoms with Crippen molar-refractivity contribution in [1.82, 2.24) is 5.43 Å². The molecule has 2 aromatic carbocycles. The lowest BCUT2D eigenvalue weighted by Gasteiger charge is -2.07. The molecule has 0 atom stereocenters. The molecule has 0 saturated carbocycles. The number of nitrogens with two attached hydrogens (primary N) is 1. The molecule has 2 aromatic rings. The normalized spacial score (nSPS) is 10.0. The number of nitrogens with one attached hydrogen (secondary N) is 1. The Bertz CT molecular complexity index is 570. The Kier molecular flexibility index (Phi) is 4.10. The van der Waals surface area contributed by atoms with Crippen LogP contribution >= 0.6 is 0 Å². The van der Waals surface area contributed by atoms with E-state index in [2.05, 4.69) is 0 Å². The number of ether oxygens (including phenoxy) is 1. The topological polar surface area (TPSA) is 64.3 Å². The highest BCUT2D eigenvalue weighted by molar-refractivity contribution is 5.93. The predicted molar refractivity (Wildman–Crippen MR) is 68.8 cm³/mol. The molecule has 0 bridgehead atoms. The minimum absolute atomic E-state index is 0.200. The van der Waals surface area contributed by atoms with E-state index in [1.54, 1.807) is 42.5 Å². The Morgan fingerprint density at radius 2 is 1.84 bits per heavy atom. The molecule has 0 unspecified atom stereocenters. The summed E-state index contributed by atoms with van der Waals surface area (Å²) in [6.45, 7) is 0.228. The van der Waals surface area contributed by atoms with Gasteiger partial charge in [0.05, 0.1) is 0 Å². The van der Waals surface area contributed by atoms with Gasteiger partial charge in [0, 0.05) is 5.56 Å². The van der Waals surface area contributed by atoms with E-state index in [-0.39, 0.29) is 18.3 Å². The van der Waals surface area contributed by atoms with Crippen molar-refractivity contribution in [3.63, 3.8) is 0 Å². The largest absolute Gasteiger partial charge is 0.486 e. The van der Waals surface area contributed by atoms with Gasteiger partial charge in [0.25, 0.3) is 5.91 Å². The summed E-state index contributed by atoms with van der Waals surface area (Å²) in [5, 5.41) is 0. The zero-order valence-electron chi connectivity index (χ0n) is 10.1. The summed E-state index contributed by atoms with van der Waals surface area (Å²) >= 11 is 0. The zero-order chi connectivity index (χ0) is 13.7. The van der Waals surface area contributed by atoms with Crippen LogP contribution in [-0.4, -0.2) is 5.91 Å². The van der Waals surface area contributed by atoms with Crippen LogP contribution in [0.2, 0.25) is 0 Å². The molecular formula is C14H13FN2O2. The highest BCUT2D eigenvalue weighted by Gasteiger charge is 2.04. The number of rotatable bonds is 4. The Balaban J connectivity index is 2.01. The van der Waals surface area contributed by atoms with Gasteiger partial charge in [-0.3, -0.25) is 10.2 Å². The third-order valence-electron chi connectivity index (χ3n) is 2.58. The first-order valence-electron chi connectivity index (χ1n) is 5.68. The van der Waals surface area contributed by atoms with Crippen molar-refractivity contribution >= 4 is 5.91 Å². The lowest BCUT2D eigenvalue weighted by Crippen LogP contribution is -2.29.